The highest BCUT2D eigenvalue weighted by molar-refractivity contribution is 7.89. The minimum atomic E-state index is -3.88. The van der Waals surface area contributed by atoms with E-state index >= 15 is 0 Å². The number of nitrogens with zero attached hydrogens (tertiary/aromatic N) is 3. The lowest BCUT2D eigenvalue weighted by molar-refractivity contribution is -0.133. The molecule has 1 unspecified atom stereocenters. The van der Waals surface area contributed by atoms with Gasteiger partial charge in [0.25, 0.3) is 0 Å². The van der Waals surface area contributed by atoms with Crippen LogP contribution in [0.1, 0.15) is 42.1 Å². The van der Waals surface area contributed by atoms with Crippen LogP contribution in [-0.2, 0) is 14.8 Å². The Morgan fingerprint density at radius 1 is 0.738 bits per heavy atom. The van der Waals surface area contributed by atoms with Crippen LogP contribution >= 0.6 is 11.6 Å². The molecule has 1 fully saturated rings. The van der Waals surface area contributed by atoms with Crippen molar-refractivity contribution in [2.45, 2.75) is 30.3 Å². The summed E-state index contributed by atoms with van der Waals surface area (Å²) in [6.45, 7) is 4.58. The number of rotatable bonds is 10. The minimum Gasteiger partial charge on any atom is -0.340 e. The van der Waals surface area contributed by atoms with Gasteiger partial charge in [0.15, 0.2) is 0 Å². The van der Waals surface area contributed by atoms with Gasteiger partial charge in [0.2, 0.25) is 15.9 Å². The molecule has 0 spiro atoms. The molecule has 218 valence electrons. The number of benzene rings is 4. The predicted molar refractivity (Wildman–Crippen MR) is 168 cm³/mol. The quantitative estimate of drug-likeness (QED) is 0.211. The van der Waals surface area contributed by atoms with Crippen LogP contribution in [0.2, 0.25) is 5.02 Å². The SMILES string of the molecule is CC(c1ccccc1)N(CCC(=O)N1CCN(C(c2ccccc2)c2ccccc2)CC1)S(=O)(=O)c1ccc(Cl)cc1. The average molecular weight is 602 g/mol. The summed E-state index contributed by atoms with van der Waals surface area (Å²) in [6.07, 6.45) is 0.102. The maximum absolute atomic E-state index is 13.8. The van der Waals surface area contributed by atoms with E-state index < -0.39 is 16.1 Å². The van der Waals surface area contributed by atoms with Crippen molar-refractivity contribution in [3.63, 3.8) is 0 Å². The summed E-state index contributed by atoms with van der Waals surface area (Å²) in [5, 5.41) is 0.465. The minimum absolute atomic E-state index is 0.0396. The maximum atomic E-state index is 13.8. The number of hydrogen-bond donors (Lipinski definition) is 0. The molecule has 1 heterocycles. The van der Waals surface area contributed by atoms with Crippen molar-refractivity contribution in [1.29, 1.82) is 0 Å². The van der Waals surface area contributed by atoms with E-state index in [9.17, 15) is 13.2 Å². The summed E-state index contributed by atoms with van der Waals surface area (Å²) in [4.78, 5) is 17.9. The molecule has 1 saturated heterocycles. The van der Waals surface area contributed by atoms with Crippen molar-refractivity contribution >= 4 is 27.5 Å². The second-order valence-electron chi connectivity index (χ2n) is 10.5. The summed E-state index contributed by atoms with van der Waals surface area (Å²) in [7, 11) is -3.88. The van der Waals surface area contributed by atoms with Gasteiger partial charge in [-0.1, -0.05) is 103 Å². The molecule has 4 aromatic carbocycles. The van der Waals surface area contributed by atoms with Crippen LogP contribution in [0.4, 0.5) is 0 Å². The molecule has 0 bridgehead atoms. The summed E-state index contributed by atoms with van der Waals surface area (Å²) in [5.74, 6) is -0.0396. The molecule has 1 aliphatic heterocycles. The van der Waals surface area contributed by atoms with Crippen LogP contribution in [0.15, 0.2) is 120 Å². The van der Waals surface area contributed by atoms with E-state index in [4.69, 9.17) is 11.6 Å². The van der Waals surface area contributed by atoms with Gasteiger partial charge in [0.1, 0.15) is 0 Å². The first-order chi connectivity index (χ1) is 20.3. The number of piperazine rings is 1. The van der Waals surface area contributed by atoms with Gasteiger partial charge >= 0.3 is 0 Å². The van der Waals surface area contributed by atoms with Crippen LogP contribution in [-0.4, -0.2) is 61.2 Å². The smallest absolute Gasteiger partial charge is 0.243 e. The largest absolute Gasteiger partial charge is 0.340 e. The third kappa shape index (κ3) is 6.93. The zero-order chi connectivity index (χ0) is 29.5. The van der Waals surface area contributed by atoms with Gasteiger partial charge < -0.3 is 4.90 Å². The second-order valence-corrected chi connectivity index (χ2v) is 12.9. The molecule has 5 rings (SSSR count). The summed E-state index contributed by atoms with van der Waals surface area (Å²) in [6, 6.07) is 36.2. The highest BCUT2D eigenvalue weighted by Crippen LogP contribution is 2.31. The Labute approximate surface area is 254 Å². The predicted octanol–water partition coefficient (Wildman–Crippen LogP) is 6.42. The Kier molecular flexibility index (Phi) is 9.75. The Bertz CT molecular complexity index is 1500. The highest BCUT2D eigenvalue weighted by Gasteiger charge is 2.32. The monoisotopic (exact) mass is 601 g/mol. The molecule has 42 heavy (non-hydrogen) atoms. The molecule has 0 aromatic heterocycles. The zero-order valence-corrected chi connectivity index (χ0v) is 25.3. The number of hydrogen-bond acceptors (Lipinski definition) is 4. The first kappa shape index (κ1) is 30.0. The van der Waals surface area contributed by atoms with Crippen molar-refractivity contribution < 1.29 is 13.2 Å². The molecule has 0 aliphatic carbocycles. The van der Waals surface area contributed by atoms with E-state index in [1.54, 1.807) is 12.1 Å². The topological polar surface area (TPSA) is 60.9 Å². The Morgan fingerprint density at radius 2 is 1.21 bits per heavy atom. The molecule has 1 aliphatic rings. The third-order valence-electron chi connectivity index (χ3n) is 7.94. The van der Waals surface area contributed by atoms with E-state index in [-0.39, 0.29) is 29.8 Å². The number of halogens is 1. The molecule has 0 saturated carbocycles. The lowest BCUT2D eigenvalue weighted by Crippen LogP contribution is -2.50. The van der Waals surface area contributed by atoms with Gasteiger partial charge in [0, 0.05) is 50.2 Å². The fraction of sp³-hybridized carbons (Fsp3) is 0.265. The molecule has 1 atom stereocenters. The van der Waals surface area contributed by atoms with Gasteiger partial charge in [-0.3, -0.25) is 9.69 Å². The maximum Gasteiger partial charge on any atom is 0.243 e. The van der Waals surface area contributed by atoms with Crippen molar-refractivity contribution in [3.8, 4) is 0 Å². The Hall–Kier alpha value is -3.49. The molecule has 4 aromatic rings. The van der Waals surface area contributed by atoms with Crippen molar-refractivity contribution in [2.24, 2.45) is 0 Å². The fourth-order valence-corrected chi connectivity index (χ4v) is 7.39. The lowest BCUT2D eigenvalue weighted by atomic mass is 9.96. The van der Waals surface area contributed by atoms with Crippen LogP contribution < -0.4 is 0 Å². The summed E-state index contributed by atoms with van der Waals surface area (Å²) in [5.41, 5.74) is 3.31. The van der Waals surface area contributed by atoms with E-state index in [1.807, 2.05) is 54.3 Å². The Balaban J connectivity index is 1.28. The highest BCUT2D eigenvalue weighted by atomic mass is 35.5. The van der Waals surface area contributed by atoms with Crippen molar-refractivity contribution in [1.82, 2.24) is 14.1 Å². The third-order valence-corrected chi connectivity index (χ3v) is 10.2. The molecular weight excluding hydrogens is 566 g/mol. The number of carbonyl (C=O) groups excluding carboxylic acids is 1. The number of carbonyl (C=O) groups is 1. The van der Waals surface area contributed by atoms with Crippen LogP contribution in [0, 0.1) is 0 Å². The molecule has 0 radical (unpaired) electrons. The van der Waals surface area contributed by atoms with Crippen LogP contribution in [0.5, 0.6) is 0 Å². The van der Waals surface area contributed by atoms with Crippen LogP contribution in [0.3, 0.4) is 0 Å². The van der Waals surface area contributed by atoms with Gasteiger partial charge in [-0.25, -0.2) is 8.42 Å². The van der Waals surface area contributed by atoms with Crippen LogP contribution in [0.25, 0.3) is 0 Å². The fourth-order valence-electron chi connectivity index (χ4n) is 5.64. The summed E-state index contributed by atoms with van der Waals surface area (Å²) < 4.78 is 29.0. The lowest BCUT2D eigenvalue weighted by Gasteiger charge is -2.40. The first-order valence-electron chi connectivity index (χ1n) is 14.3. The summed E-state index contributed by atoms with van der Waals surface area (Å²) >= 11 is 6.03. The molecule has 1 amide bonds. The normalized spacial score (nSPS) is 15.2. The van der Waals surface area contributed by atoms with E-state index in [0.717, 1.165) is 18.7 Å². The van der Waals surface area contributed by atoms with Gasteiger partial charge in [-0.05, 0) is 47.9 Å². The van der Waals surface area contributed by atoms with Crippen molar-refractivity contribution in [2.75, 3.05) is 32.7 Å². The number of amides is 1. The first-order valence-corrected chi connectivity index (χ1v) is 16.1. The van der Waals surface area contributed by atoms with Gasteiger partial charge in [-0.2, -0.15) is 4.31 Å². The standard InChI is InChI=1S/C34H36ClN3O3S/c1-27(28-11-5-2-6-12-28)38(42(40,41)32-19-17-31(35)18-20-32)22-21-33(39)36-23-25-37(26-24-36)34(29-13-7-3-8-14-29)30-15-9-4-10-16-30/h2-20,27,34H,21-26H2,1H3. The van der Waals surface area contributed by atoms with Gasteiger partial charge in [0.05, 0.1) is 10.9 Å². The van der Waals surface area contributed by atoms with E-state index in [0.29, 0.717) is 18.1 Å². The van der Waals surface area contributed by atoms with E-state index in [2.05, 4.69) is 53.4 Å². The van der Waals surface area contributed by atoms with E-state index in [1.165, 1.54) is 27.6 Å². The second kappa shape index (κ2) is 13.7. The van der Waals surface area contributed by atoms with Gasteiger partial charge in [-0.15, -0.1) is 0 Å². The zero-order valence-electron chi connectivity index (χ0n) is 23.7. The molecule has 8 heteroatoms. The Morgan fingerprint density at radius 3 is 1.71 bits per heavy atom. The molecular formula is C34H36ClN3O3S. The van der Waals surface area contributed by atoms with Crippen molar-refractivity contribution in [3.05, 3.63) is 137 Å². The molecule has 0 N–H and O–H groups in total. The average Bonchev–Trinajstić information content (AvgIpc) is 3.03. The number of sulfonamides is 1. The molecule has 6 nitrogen and oxygen atoms in total.